The number of aromatic nitrogens is 2. The third-order valence-corrected chi connectivity index (χ3v) is 1.29. The molecule has 3 heteroatoms. The number of hydrogen-bond donors (Lipinski definition) is 0. The maximum atomic E-state index is 10.6. The summed E-state index contributed by atoms with van der Waals surface area (Å²) in [4.78, 5) is 18.6. The first-order chi connectivity index (χ1) is 5.68. The highest BCUT2D eigenvalue weighted by Crippen LogP contribution is 1.97. The molecule has 3 nitrogen and oxygen atoms in total. The van der Waals surface area contributed by atoms with Crippen LogP contribution in [0.2, 0.25) is 0 Å². The van der Waals surface area contributed by atoms with Crippen molar-refractivity contribution in [2.45, 2.75) is 13.8 Å². The van der Waals surface area contributed by atoms with Gasteiger partial charge < -0.3 is 0 Å². The van der Waals surface area contributed by atoms with Gasteiger partial charge in [0.25, 0.3) is 0 Å². The predicted octanol–water partition coefficient (Wildman–Crippen LogP) is 1.39. The highest BCUT2D eigenvalue weighted by molar-refractivity contribution is 5.91. The zero-order valence-corrected chi connectivity index (χ0v) is 7.11. The number of carbonyl (C=O) groups is 1. The van der Waals surface area contributed by atoms with Gasteiger partial charge in [-0.2, -0.15) is 0 Å². The van der Waals surface area contributed by atoms with E-state index in [1.54, 1.807) is 18.3 Å². The predicted molar refractivity (Wildman–Crippen MR) is 46.5 cm³/mol. The minimum absolute atomic E-state index is 0.0197. The molecule has 0 fully saturated rings. The third-order valence-electron chi connectivity index (χ3n) is 1.29. The lowest BCUT2D eigenvalue weighted by Gasteiger charge is -1.92. The fourth-order valence-corrected chi connectivity index (χ4v) is 0.770. The molecule has 0 radical (unpaired) electrons. The molecule has 0 bridgehead atoms. The molecule has 1 aromatic rings. The fourth-order valence-electron chi connectivity index (χ4n) is 0.770. The lowest BCUT2D eigenvalue weighted by Crippen LogP contribution is -1.89. The van der Waals surface area contributed by atoms with Crippen LogP contribution in [0.3, 0.4) is 0 Å². The standard InChI is InChI=1S/C9H10N2O/c1-7(12)3-4-9-5-6-10-8(2)11-9/h3-6H,1-2H3/b4-3+. The molecular weight excluding hydrogens is 152 g/mol. The minimum Gasteiger partial charge on any atom is -0.295 e. The van der Waals surface area contributed by atoms with E-state index in [-0.39, 0.29) is 5.78 Å². The zero-order chi connectivity index (χ0) is 8.97. The Hall–Kier alpha value is -1.51. The third kappa shape index (κ3) is 2.62. The Labute approximate surface area is 71.2 Å². The lowest BCUT2D eigenvalue weighted by atomic mass is 10.3. The van der Waals surface area contributed by atoms with Crippen molar-refractivity contribution < 1.29 is 4.79 Å². The van der Waals surface area contributed by atoms with Gasteiger partial charge in [-0.15, -0.1) is 0 Å². The van der Waals surface area contributed by atoms with Crippen LogP contribution in [0.25, 0.3) is 6.08 Å². The fraction of sp³-hybridized carbons (Fsp3) is 0.222. The van der Waals surface area contributed by atoms with Crippen molar-refractivity contribution in [3.05, 3.63) is 29.9 Å². The average Bonchev–Trinajstić information content (AvgIpc) is 2.01. The zero-order valence-electron chi connectivity index (χ0n) is 7.11. The van der Waals surface area contributed by atoms with Crippen LogP contribution >= 0.6 is 0 Å². The summed E-state index contributed by atoms with van der Waals surface area (Å²) in [5.41, 5.74) is 0.762. The molecule has 12 heavy (non-hydrogen) atoms. The van der Waals surface area contributed by atoms with Crippen LogP contribution < -0.4 is 0 Å². The van der Waals surface area contributed by atoms with Gasteiger partial charge in [0.2, 0.25) is 0 Å². The molecule has 1 aromatic heterocycles. The van der Waals surface area contributed by atoms with Gasteiger partial charge in [0.1, 0.15) is 5.82 Å². The molecular formula is C9H10N2O. The van der Waals surface area contributed by atoms with Gasteiger partial charge >= 0.3 is 0 Å². The molecule has 0 aliphatic rings. The monoisotopic (exact) mass is 162 g/mol. The molecule has 1 rings (SSSR count). The molecule has 1 heterocycles. The summed E-state index contributed by atoms with van der Waals surface area (Å²) in [6, 6.07) is 1.76. The van der Waals surface area contributed by atoms with Gasteiger partial charge in [-0.1, -0.05) is 0 Å². The summed E-state index contributed by atoms with van der Waals surface area (Å²) in [7, 11) is 0. The van der Waals surface area contributed by atoms with Gasteiger partial charge in [-0.05, 0) is 32.1 Å². The first-order valence-corrected chi connectivity index (χ1v) is 3.67. The van der Waals surface area contributed by atoms with Crippen LogP contribution in [0.15, 0.2) is 18.3 Å². The van der Waals surface area contributed by atoms with E-state index < -0.39 is 0 Å². The second-order valence-electron chi connectivity index (χ2n) is 2.47. The van der Waals surface area contributed by atoms with Crippen LogP contribution in [0.4, 0.5) is 0 Å². The summed E-state index contributed by atoms with van der Waals surface area (Å²) in [5, 5.41) is 0. The normalized spacial score (nSPS) is 10.5. The first-order valence-electron chi connectivity index (χ1n) is 3.67. The van der Waals surface area contributed by atoms with Crippen molar-refractivity contribution in [1.82, 2.24) is 9.97 Å². The highest BCUT2D eigenvalue weighted by atomic mass is 16.1. The van der Waals surface area contributed by atoms with Crippen LogP contribution in [-0.4, -0.2) is 15.8 Å². The molecule has 0 N–H and O–H groups in total. The van der Waals surface area contributed by atoms with E-state index >= 15 is 0 Å². The molecule has 0 aliphatic heterocycles. The SMILES string of the molecule is CC(=O)/C=C/c1ccnc(C)n1. The van der Waals surface area contributed by atoms with Crippen molar-refractivity contribution in [1.29, 1.82) is 0 Å². The second kappa shape index (κ2) is 3.76. The largest absolute Gasteiger partial charge is 0.295 e. The van der Waals surface area contributed by atoms with Crippen LogP contribution in [-0.2, 0) is 4.79 Å². The number of nitrogens with zero attached hydrogens (tertiary/aromatic N) is 2. The van der Waals surface area contributed by atoms with Crippen molar-refractivity contribution in [3.8, 4) is 0 Å². The minimum atomic E-state index is 0.0197. The van der Waals surface area contributed by atoms with Crippen molar-refractivity contribution >= 4 is 11.9 Å². The molecule has 0 aromatic carbocycles. The summed E-state index contributed by atoms with van der Waals surface area (Å²) < 4.78 is 0. The Bertz CT molecular complexity index is 318. The van der Waals surface area contributed by atoms with Crippen LogP contribution in [0.5, 0.6) is 0 Å². The molecule has 0 amide bonds. The maximum Gasteiger partial charge on any atom is 0.152 e. The number of hydrogen-bond acceptors (Lipinski definition) is 3. The van der Waals surface area contributed by atoms with Gasteiger partial charge in [-0.3, -0.25) is 4.79 Å². The van der Waals surface area contributed by atoms with Crippen molar-refractivity contribution in [2.24, 2.45) is 0 Å². The molecule has 0 saturated carbocycles. The van der Waals surface area contributed by atoms with E-state index in [2.05, 4.69) is 9.97 Å². The van der Waals surface area contributed by atoms with Crippen molar-refractivity contribution in [2.75, 3.05) is 0 Å². The number of aryl methyl sites for hydroxylation is 1. The summed E-state index contributed by atoms with van der Waals surface area (Å²) >= 11 is 0. The van der Waals surface area contributed by atoms with Crippen molar-refractivity contribution in [3.63, 3.8) is 0 Å². The average molecular weight is 162 g/mol. The Morgan fingerprint density at radius 2 is 2.33 bits per heavy atom. The summed E-state index contributed by atoms with van der Waals surface area (Å²) in [5.74, 6) is 0.729. The van der Waals surface area contributed by atoms with Gasteiger partial charge in [0.15, 0.2) is 5.78 Å². The molecule has 0 atom stereocenters. The molecule has 62 valence electrons. The van der Waals surface area contributed by atoms with E-state index in [0.717, 1.165) is 5.69 Å². The first kappa shape index (κ1) is 8.59. The second-order valence-corrected chi connectivity index (χ2v) is 2.47. The topological polar surface area (TPSA) is 42.9 Å². The van der Waals surface area contributed by atoms with Crippen LogP contribution in [0, 0.1) is 6.92 Å². The number of allylic oxidation sites excluding steroid dienone is 1. The number of carbonyl (C=O) groups excluding carboxylic acids is 1. The quantitative estimate of drug-likeness (QED) is 0.617. The summed E-state index contributed by atoms with van der Waals surface area (Å²) in [6.45, 7) is 3.32. The van der Waals surface area contributed by atoms with E-state index in [1.807, 2.05) is 6.92 Å². The Morgan fingerprint density at radius 3 is 2.92 bits per heavy atom. The van der Waals surface area contributed by atoms with Crippen LogP contribution in [0.1, 0.15) is 18.4 Å². The van der Waals surface area contributed by atoms with E-state index in [9.17, 15) is 4.79 Å². The molecule has 0 unspecified atom stereocenters. The Balaban J connectivity index is 2.83. The number of ketones is 1. The van der Waals surface area contributed by atoms with E-state index in [4.69, 9.17) is 0 Å². The molecule has 0 aliphatic carbocycles. The van der Waals surface area contributed by atoms with Gasteiger partial charge in [0, 0.05) is 6.20 Å². The van der Waals surface area contributed by atoms with Gasteiger partial charge in [-0.25, -0.2) is 9.97 Å². The maximum absolute atomic E-state index is 10.6. The lowest BCUT2D eigenvalue weighted by molar-refractivity contribution is -0.112. The Kier molecular flexibility index (Phi) is 2.69. The molecule has 0 spiro atoms. The smallest absolute Gasteiger partial charge is 0.152 e. The Morgan fingerprint density at radius 1 is 1.58 bits per heavy atom. The number of rotatable bonds is 2. The molecule has 0 saturated heterocycles. The summed E-state index contributed by atoms with van der Waals surface area (Å²) in [6.07, 6.45) is 4.83. The highest BCUT2D eigenvalue weighted by Gasteiger charge is 1.89. The van der Waals surface area contributed by atoms with Gasteiger partial charge in [0.05, 0.1) is 5.69 Å². The van der Waals surface area contributed by atoms with E-state index in [1.165, 1.54) is 13.0 Å². The van der Waals surface area contributed by atoms with E-state index in [0.29, 0.717) is 5.82 Å².